The van der Waals surface area contributed by atoms with Crippen molar-refractivity contribution in [1.29, 1.82) is 5.26 Å². The first-order chi connectivity index (χ1) is 9.10. The van der Waals surface area contributed by atoms with Crippen LogP contribution in [0.2, 0.25) is 5.02 Å². The van der Waals surface area contributed by atoms with E-state index in [-0.39, 0.29) is 10.6 Å². The molecule has 1 heterocycles. The fourth-order valence-electron chi connectivity index (χ4n) is 1.40. The summed E-state index contributed by atoms with van der Waals surface area (Å²) in [5.74, 6) is -1.07. The maximum atomic E-state index is 11.0. The minimum absolute atomic E-state index is 0.0567. The molecule has 0 atom stereocenters. The second-order valence-corrected chi connectivity index (χ2v) is 5.09. The average Bonchev–Trinajstić information content (AvgIpc) is 2.41. The smallest absolute Gasteiger partial charge is 0.337 e. The van der Waals surface area contributed by atoms with Crippen molar-refractivity contribution in [2.24, 2.45) is 0 Å². The van der Waals surface area contributed by atoms with E-state index in [2.05, 4.69) is 4.98 Å². The molecule has 1 aromatic heterocycles. The number of aromatic nitrogens is 1. The number of carbonyl (C=O) groups is 1. The molecule has 0 aliphatic rings. The van der Waals surface area contributed by atoms with Gasteiger partial charge in [0.2, 0.25) is 0 Å². The van der Waals surface area contributed by atoms with E-state index < -0.39 is 5.97 Å². The largest absolute Gasteiger partial charge is 0.478 e. The summed E-state index contributed by atoms with van der Waals surface area (Å²) in [5.41, 5.74) is 0.374. The normalized spacial score (nSPS) is 9.89. The van der Waals surface area contributed by atoms with Gasteiger partial charge in [0.15, 0.2) is 0 Å². The molecule has 4 nitrogen and oxygen atoms in total. The second-order valence-electron chi connectivity index (χ2n) is 3.54. The van der Waals surface area contributed by atoms with Crippen molar-refractivity contribution in [3.8, 4) is 6.07 Å². The lowest BCUT2D eigenvalue weighted by Crippen LogP contribution is -1.97. The van der Waals surface area contributed by atoms with E-state index >= 15 is 0 Å². The predicted molar refractivity (Wildman–Crippen MR) is 71.5 cm³/mol. The maximum absolute atomic E-state index is 11.0. The molecule has 94 valence electrons. The first kappa shape index (κ1) is 13.4. The van der Waals surface area contributed by atoms with Gasteiger partial charge in [-0.2, -0.15) is 5.26 Å². The van der Waals surface area contributed by atoms with Crippen LogP contribution in [0, 0.1) is 11.3 Å². The summed E-state index contributed by atoms with van der Waals surface area (Å²) in [5, 5.41) is 18.0. The first-order valence-electron chi connectivity index (χ1n) is 5.17. The van der Waals surface area contributed by atoms with Crippen molar-refractivity contribution >= 4 is 29.3 Å². The second kappa shape index (κ2) is 5.74. The van der Waals surface area contributed by atoms with E-state index in [9.17, 15) is 4.79 Å². The highest BCUT2D eigenvalue weighted by atomic mass is 35.5. The monoisotopic (exact) mass is 290 g/mol. The third kappa shape index (κ3) is 3.25. The number of hydrogen-bond acceptors (Lipinski definition) is 4. The number of carboxylic acid groups (broad SMARTS) is 1. The summed E-state index contributed by atoms with van der Waals surface area (Å²) in [7, 11) is 0. The molecule has 2 rings (SSSR count). The van der Waals surface area contributed by atoms with Crippen LogP contribution in [0.1, 0.15) is 16.1 Å². The molecule has 1 N–H and O–H groups in total. The zero-order valence-corrected chi connectivity index (χ0v) is 11.1. The Bertz CT molecular complexity index is 683. The Kier molecular flexibility index (Phi) is 4.05. The topological polar surface area (TPSA) is 74.0 Å². The molecular weight excluding hydrogens is 284 g/mol. The molecule has 0 saturated carbocycles. The number of hydrogen-bond donors (Lipinski definition) is 1. The van der Waals surface area contributed by atoms with Crippen molar-refractivity contribution in [1.82, 2.24) is 4.98 Å². The lowest BCUT2D eigenvalue weighted by molar-refractivity contribution is 0.0697. The molecular formula is C13H7ClN2O2S. The minimum Gasteiger partial charge on any atom is -0.478 e. The third-order valence-corrected chi connectivity index (χ3v) is 3.56. The Balaban J connectivity index is 2.31. The maximum Gasteiger partial charge on any atom is 0.337 e. The number of pyridine rings is 1. The summed E-state index contributed by atoms with van der Waals surface area (Å²) < 4.78 is 0. The number of rotatable bonds is 3. The number of halogens is 1. The van der Waals surface area contributed by atoms with Gasteiger partial charge in [-0.15, -0.1) is 0 Å². The Morgan fingerprint density at radius 2 is 2.05 bits per heavy atom. The van der Waals surface area contributed by atoms with Crippen molar-refractivity contribution in [3.63, 3.8) is 0 Å². The standard InChI is InChI=1S/C13H7ClN2O2S/c14-12-2-1-9(6-11(12)13(17)18)19-10-3-4-16-8(5-10)7-15/h1-6H,(H,17,18). The highest BCUT2D eigenvalue weighted by Crippen LogP contribution is 2.30. The average molecular weight is 291 g/mol. The summed E-state index contributed by atoms with van der Waals surface area (Å²) >= 11 is 7.14. The van der Waals surface area contributed by atoms with Crippen LogP contribution < -0.4 is 0 Å². The van der Waals surface area contributed by atoms with Crippen molar-refractivity contribution in [2.45, 2.75) is 9.79 Å². The lowest BCUT2D eigenvalue weighted by atomic mass is 10.2. The van der Waals surface area contributed by atoms with Gasteiger partial charge < -0.3 is 5.11 Å². The van der Waals surface area contributed by atoms with Gasteiger partial charge in [-0.05, 0) is 30.3 Å². The number of benzene rings is 1. The first-order valence-corrected chi connectivity index (χ1v) is 6.36. The number of aromatic carboxylic acids is 1. The Hall–Kier alpha value is -2.03. The number of nitrogens with zero attached hydrogens (tertiary/aromatic N) is 2. The van der Waals surface area contributed by atoms with Crippen molar-refractivity contribution in [2.75, 3.05) is 0 Å². The molecule has 2 aromatic rings. The van der Waals surface area contributed by atoms with Gasteiger partial charge in [0.1, 0.15) is 11.8 Å². The quantitative estimate of drug-likeness (QED) is 0.937. The molecule has 19 heavy (non-hydrogen) atoms. The number of carboxylic acids is 1. The van der Waals surface area contributed by atoms with E-state index in [1.165, 1.54) is 24.0 Å². The summed E-state index contributed by atoms with van der Waals surface area (Å²) in [6.07, 6.45) is 1.54. The Morgan fingerprint density at radius 3 is 2.74 bits per heavy atom. The van der Waals surface area contributed by atoms with Crippen LogP contribution in [0.3, 0.4) is 0 Å². The van der Waals surface area contributed by atoms with Crippen molar-refractivity contribution in [3.05, 3.63) is 52.8 Å². The van der Waals surface area contributed by atoms with Crippen LogP contribution in [0.5, 0.6) is 0 Å². The van der Waals surface area contributed by atoms with Crippen LogP contribution >= 0.6 is 23.4 Å². The van der Waals surface area contributed by atoms with Gasteiger partial charge in [-0.3, -0.25) is 0 Å². The Morgan fingerprint density at radius 1 is 1.32 bits per heavy atom. The molecule has 0 radical (unpaired) electrons. The van der Waals surface area contributed by atoms with E-state index in [0.717, 1.165) is 9.79 Å². The summed E-state index contributed by atoms with van der Waals surface area (Å²) in [6.45, 7) is 0. The van der Waals surface area contributed by atoms with Crippen molar-refractivity contribution < 1.29 is 9.90 Å². The van der Waals surface area contributed by atoms with E-state index in [1.54, 1.807) is 24.3 Å². The van der Waals surface area contributed by atoms with E-state index in [0.29, 0.717) is 5.69 Å². The van der Waals surface area contributed by atoms with Gasteiger partial charge in [0, 0.05) is 16.0 Å². The van der Waals surface area contributed by atoms with E-state index in [1.807, 2.05) is 6.07 Å². The highest BCUT2D eigenvalue weighted by molar-refractivity contribution is 7.99. The molecule has 0 fully saturated rings. The molecule has 0 spiro atoms. The number of nitriles is 1. The summed E-state index contributed by atoms with van der Waals surface area (Å²) in [4.78, 5) is 16.4. The van der Waals surface area contributed by atoms with Crippen LogP contribution in [-0.4, -0.2) is 16.1 Å². The molecule has 0 unspecified atom stereocenters. The molecule has 1 aromatic carbocycles. The van der Waals surface area contributed by atoms with Gasteiger partial charge >= 0.3 is 5.97 Å². The molecule has 6 heteroatoms. The minimum atomic E-state index is -1.07. The van der Waals surface area contributed by atoms with Gasteiger partial charge in [0.05, 0.1) is 10.6 Å². The molecule has 0 amide bonds. The highest BCUT2D eigenvalue weighted by Gasteiger charge is 2.10. The third-order valence-electron chi connectivity index (χ3n) is 2.25. The fourth-order valence-corrected chi connectivity index (χ4v) is 2.49. The zero-order chi connectivity index (χ0) is 13.8. The van der Waals surface area contributed by atoms with E-state index in [4.69, 9.17) is 22.0 Å². The van der Waals surface area contributed by atoms with Gasteiger partial charge in [0.25, 0.3) is 0 Å². The predicted octanol–water partition coefficient (Wildman–Crippen LogP) is 3.46. The molecule has 0 aliphatic heterocycles. The zero-order valence-electron chi connectivity index (χ0n) is 9.50. The van der Waals surface area contributed by atoms with Crippen LogP contribution in [-0.2, 0) is 0 Å². The van der Waals surface area contributed by atoms with Crippen LogP contribution in [0.4, 0.5) is 0 Å². The lowest BCUT2D eigenvalue weighted by Gasteiger charge is -2.04. The summed E-state index contributed by atoms with van der Waals surface area (Å²) in [6, 6.07) is 10.1. The van der Waals surface area contributed by atoms with Gasteiger partial charge in [-0.1, -0.05) is 23.4 Å². The van der Waals surface area contributed by atoms with Crippen LogP contribution in [0.25, 0.3) is 0 Å². The fraction of sp³-hybridized carbons (Fsp3) is 0. The van der Waals surface area contributed by atoms with Crippen LogP contribution in [0.15, 0.2) is 46.3 Å². The molecule has 0 bridgehead atoms. The Labute approximate surface area is 118 Å². The van der Waals surface area contributed by atoms with Gasteiger partial charge in [-0.25, -0.2) is 9.78 Å². The molecule has 0 saturated heterocycles. The molecule has 0 aliphatic carbocycles. The SMILES string of the molecule is N#Cc1cc(Sc2ccc(Cl)c(C(=O)O)c2)ccn1.